The molecule has 1 aromatic carbocycles. The van der Waals surface area contributed by atoms with Crippen LogP contribution in [-0.4, -0.2) is 6.04 Å². The van der Waals surface area contributed by atoms with E-state index in [0.29, 0.717) is 6.04 Å². The molecule has 70 valence electrons. The average Bonchev–Trinajstić information content (AvgIpc) is 2.08. The van der Waals surface area contributed by atoms with Crippen LogP contribution in [0, 0.1) is 6.92 Å². The van der Waals surface area contributed by atoms with Gasteiger partial charge in [-0.3, -0.25) is 0 Å². The zero-order valence-corrected chi connectivity index (χ0v) is 9.39. The lowest BCUT2D eigenvalue weighted by molar-refractivity contribution is 0.576. The Balaban J connectivity index is 2.43. The molecule has 1 aliphatic rings. The van der Waals surface area contributed by atoms with Gasteiger partial charge in [0.15, 0.2) is 0 Å². The van der Waals surface area contributed by atoms with Crippen molar-refractivity contribution in [1.29, 1.82) is 0 Å². The lowest BCUT2D eigenvalue weighted by atomic mass is 9.88. The normalized spacial score (nSPS) is 21.3. The van der Waals surface area contributed by atoms with Crippen LogP contribution >= 0.6 is 15.9 Å². The second-order valence-corrected chi connectivity index (χ2v) is 4.73. The molecule has 1 aromatic rings. The molecule has 0 saturated carbocycles. The third kappa shape index (κ3) is 1.79. The van der Waals surface area contributed by atoms with Crippen LogP contribution in [0.3, 0.4) is 0 Å². The highest BCUT2D eigenvalue weighted by atomic mass is 79.9. The summed E-state index contributed by atoms with van der Waals surface area (Å²) >= 11 is 3.56. The largest absolute Gasteiger partial charge is 0.327 e. The molecule has 2 rings (SSSR count). The zero-order chi connectivity index (χ0) is 9.42. The fourth-order valence-electron chi connectivity index (χ4n) is 1.93. The molecule has 0 fully saturated rings. The highest BCUT2D eigenvalue weighted by Crippen LogP contribution is 2.26. The van der Waals surface area contributed by atoms with Gasteiger partial charge >= 0.3 is 0 Å². The summed E-state index contributed by atoms with van der Waals surface area (Å²) in [4.78, 5) is 0. The summed E-state index contributed by atoms with van der Waals surface area (Å²) in [7, 11) is 0. The molecular formula is C11H14BrN. The molecule has 0 unspecified atom stereocenters. The van der Waals surface area contributed by atoms with Crippen molar-refractivity contribution in [1.82, 2.24) is 0 Å². The fraction of sp³-hybridized carbons (Fsp3) is 0.455. The third-order valence-corrected chi connectivity index (χ3v) is 3.60. The van der Waals surface area contributed by atoms with Gasteiger partial charge in [-0.25, -0.2) is 0 Å². The molecule has 0 aliphatic heterocycles. The highest BCUT2D eigenvalue weighted by molar-refractivity contribution is 9.10. The molecule has 1 aliphatic carbocycles. The molecule has 0 saturated heterocycles. The number of hydrogen-bond donors (Lipinski definition) is 1. The minimum Gasteiger partial charge on any atom is -0.327 e. The van der Waals surface area contributed by atoms with Gasteiger partial charge in [0, 0.05) is 10.5 Å². The maximum absolute atomic E-state index is 5.93. The molecular weight excluding hydrogens is 226 g/mol. The first-order chi connectivity index (χ1) is 6.16. The molecule has 0 spiro atoms. The van der Waals surface area contributed by atoms with Crippen LogP contribution in [0.4, 0.5) is 0 Å². The summed E-state index contributed by atoms with van der Waals surface area (Å²) < 4.78 is 1.22. The van der Waals surface area contributed by atoms with E-state index in [1.54, 1.807) is 0 Å². The number of aryl methyl sites for hydroxylation is 2. The molecule has 1 atom stereocenters. The SMILES string of the molecule is Cc1cc2c(cc1Br)CC[C@@H](N)C2. The van der Waals surface area contributed by atoms with Crippen LogP contribution in [0.5, 0.6) is 0 Å². The van der Waals surface area contributed by atoms with Crippen molar-refractivity contribution in [3.8, 4) is 0 Å². The van der Waals surface area contributed by atoms with E-state index >= 15 is 0 Å². The maximum Gasteiger partial charge on any atom is 0.0207 e. The Morgan fingerprint density at radius 1 is 1.38 bits per heavy atom. The van der Waals surface area contributed by atoms with E-state index in [9.17, 15) is 0 Å². The Labute approximate surface area is 87.5 Å². The zero-order valence-electron chi connectivity index (χ0n) is 7.81. The number of benzene rings is 1. The van der Waals surface area contributed by atoms with Crippen molar-refractivity contribution < 1.29 is 0 Å². The number of hydrogen-bond acceptors (Lipinski definition) is 1. The van der Waals surface area contributed by atoms with Gasteiger partial charge in [-0.15, -0.1) is 0 Å². The van der Waals surface area contributed by atoms with Gasteiger partial charge in [-0.05, 0) is 48.9 Å². The Morgan fingerprint density at radius 2 is 2.15 bits per heavy atom. The van der Waals surface area contributed by atoms with Crippen molar-refractivity contribution in [3.63, 3.8) is 0 Å². The average molecular weight is 240 g/mol. The first-order valence-corrected chi connectivity index (χ1v) is 5.49. The van der Waals surface area contributed by atoms with Crippen molar-refractivity contribution in [3.05, 3.63) is 33.3 Å². The second kappa shape index (κ2) is 3.43. The lowest BCUT2D eigenvalue weighted by Crippen LogP contribution is -2.27. The van der Waals surface area contributed by atoms with Gasteiger partial charge < -0.3 is 5.73 Å². The molecule has 0 amide bonds. The standard InChI is InChI=1S/C11H14BrN/c1-7-4-9-5-10(13)3-2-8(9)6-11(7)12/h4,6,10H,2-3,5,13H2,1H3/t10-/m1/s1. The van der Waals surface area contributed by atoms with Crippen LogP contribution in [-0.2, 0) is 12.8 Å². The molecule has 2 N–H and O–H groups in total. The van der Waals surface area contributed by atoms with Gasteiger partial charge in [0.1, 0.15) is 0 Å². The summed E-state index contributed by atoms with van der Waals surface area (Å²) in [5, 5.41) is 0. The summed E-state index contributed by atoms with van der Waals surface area (Å²) in [6.45, 7) is 2.13. The Kier molecular flexibility index (Phi) is 2.43. The smallest absolute Gasteiger partial charge is 0.0207 e. The molecule has 1 nitrogen and oxygen atoms in total. The molecule has 0 aromatic heterocycles. The van der Waals surface area contributed by atoms with Gasteiger partial charge in [-0.2, -0.15) is 0 Å². The molecule has 0 heterocycles. The first-order valence-electron chi connectivity index (χ1n) is 4.70. The predicted octanol–water partition coefficient (Wildman–Crippen LogP) is 2.57. The van der Waals surface area contributed by atoms with Gasteiger partial charge in [-0.1, -0.05) is 22.0 Å². The number of rotatable bonds is 0. The van der Waals surface area contributed by atoms with Crippen LogP contribution in [0.15, 0.2) is 16.6 Å². The van der Waals surface area contributed by atoms with E-state index in [1.807, 2.05) is 0 Å². The van der Waals surface area contributed by atoms with Crippen LogP contribution in [0.25, 0.3) is 0 Å². The second-order valence-electron chi connectivity index (χ2n) is 3.87. The third-order valence-electron chi connectivity index (χ3n) is 2.75. The maximum atomic E-state index is 5.93. The van der Waals surface area contributed by atoms with Gasteiger partial charge in [0.25, 0.3) is 0 Å². The monoisotopic (exact) mass is 239 g/mol. The van der Waals surface area contributed by atoms with E-state index in [2.05, 4.69) is 35.0 Å². The van der Waals surface area contributed by atoms with Crippen molar-refractivity contribution >= 4 is 15.9 Å². The van der Waals surface area contributed by atoms with Crippen LogP contribution < -0.4 is 5.73 Å². The minimum atomic E-state index is 0.369. The number of halogens is 1. The van der Waals surface area contributed by atoms with E-state index < -0.39 is 0 Å². The summed E-state index contributed by atoms with van der Waals surface area (Å²) in [5.74, 6) is 0. The number of fused-ring (bicyclic) bond motifs is 1. The van der Waals surface area contributed by atoms with E-state index in [1.165, 1.54) is 21.2 Å². The van der Waals surface area contributed by atoms with Gasteiger partial charge in [0.2, 0.25) is 0 Å². The van der Waals surface area contributed by atoms with Crippen LogP contribution in [0.2, 0.25) is 0 Å². The molecule has 0 radical (unpaired) electrons. The minimum absolute atomic E-state index is 0.369. The highest BCUT2D eigenvalue weighted by Gasteiger charge is 2.15. The lowest BCUT2D eigenvalue weighted by Gasteiger charge is -2.22. The molecule has 2 heteroatoms. The molecule has 13 heavy (non-hydrogen) atoms. The van der Waals surface area contributed by atoms with E-state index in [-0.39, 0.29) is 0 Å². The fourth-order valence-corrected chi connectivity index (χ4v) is 2.32. The Hall–Kier alpha value is -0.340. The summed E-state index contributed by atoms with van der Waals surface area (Å²) in [6.07, 6.45) is 3.31. The van der Waals surface area contributed by atoms with E-state index in [4.69, 9.17) is 5.73 Å². The van der Waals surface area contributed by atoms with Crippen LogP contribution in [0.1, 0.15) is 23.1 Å². The van der Waals surface area contributed by atoms with Crippen molar-refractivity contribution in [2.24, 2.45) is 5.73 Å². The Bertz CT molecular complexity index is 333. The summed E-state index contributed by atoms with van der Waals surface area (Å²) in [6, 6.07) is 4.88. The summed E-state index contributed by atoms with van der Waals surface area (Å²) in [5.41, 5.74) is 10.2. The Morgan fingerprint density at radius 3 is 2.92 bits per heavy atom. The van der Waals surface area contributed by atoms with E-state index in [0.717, 1.165) is 19.3 Å². The van der Waals surface area contributed by atoms with Crippen molar-refractivity contribution in [2.45, 2.75) is 32.2 Å². The molecule has 0 bridgehead atoms. The van der Waals surface area contributed by atoms with Gasteiger partial charge in [0.05, 0.1) is 0 Å². The first kappa shape index (κ1) is 9.22. The topological polar surface area (TPSA) is 26.0 Å². The number of nitrogens with two attached hydrogens (primary N) is 1. The quantitative estimate of drug-likeness (QED) is 0.741. The van der Waals surface area contributed by atoms with Crippen molar-refractivity contribution in [2.75, 3.05) is 0 Å². The predicted molar refractivity (Wildman–Crippen MR) is 58.9 cm³/mol.